The number of aliphatic hydroxyl groups is 1. The van der Waals surface area contributed by atoms with Gasteiger partial charge in [0.25, 0.3) is 5.56 Å². The van der Waals surface area contributed by atoms with Crippen LogP contribution in [0.3, 0.4) is 0 Å². The third-order valence-electron chi connectivity index (χ3n) is 6.39. The van der Waals surface area contributed by atoms with E-state index in [1.54, 1.807) is 0 Å². The number of ether oxygens (including phenoxy) is 1. The second-order valence-electron chi connectivity index (χ2n) is 8.70. The van der Waals surface area contributed by atoms with Crippen molar-refractivity contribution in [1.82, 2.24) is 24.6 Å². The number of aromatic nitrogens is 4. The zero-order chi connectivity index (χ0) is 21.6. The highest BCUT2D eigenvalue weighted by Gasteiger charge is 2.44. The molecule has 2 N–H and O–H groups in total. The third kappa shape index (κ3) is 4.04. The maximum atomic E-state index is 12.9. The molecule has 2 aliphatic rings. The van der Waals surface area contributed by atoms with E-state index >= 15 is 0 Å². The van der Waals surface area contributed by atoms with Crippen molar-refractivity contribution in [3.05, 3.63) is 55.8 Å². The van der Waals surface area contributed by atoms with Crippen LogP contribution in [0.2, 0.25) is 0 Å². The minimum Gasteiger partial charge on any atom is -0.387 e. The normalized spacial score (nSPS) is 20.6. The van der Waals surface area contributed by atoms with Gasteiger partial charge in [-0.05, 0) is 47.9 Å². The quantitative estimate of drug-likeness (QED) is 0.488. The van der Waals surface area contributed by atoms with Gasteiger partial charge in [0.2, 0.25) is 0 Å². The highest BCUT2D eigenvalue weighted by Crippen LogP contribution is 2.33. The summed E-state index contributed by atoms with van der Waals surface area (Å²) in [5.41, 5.74) is 0.857. The molecule has 2 saturated heterocycles. The Hall–Kier alpha value is -1.82. The molecule has 2 fully saturated rings. The largest absolute Gasteiger partial charge is 0.387 e. The minimum atomic E-state index is -0.751. The molecule has 2 aromatic heterocycles. The van der Waals surface area contributed by atoms with Crippen molar-refractivity contribution in [2.45, 2.75) is 43.9 Å². The first-order chi connectivity index (χ1) is 14.9. The molecule has 0 spiro atoms. The van der Waals surface area contributed by atoms with E-state index in [4.69, 9.17) is 9.72 Å². The number of hydrogen-bond donors (Lipinski definition) is 2. The zero-order valence-electron chi connectivity index (χ0n) is 17.4. The standard InChI is InChI=1S/C22H26IN5O3/c1-14(27-12-22(30,13-27)11-15-5-3-2-4-6-15)19-24-20-17(21(29)25-19)18(23)26-28(20)16-7-9-31-10-8-16/h2-6,14,16,30H,7-13H2,1H3,(H,24,25,29)/t14-/m1/s1. The zero-order valence-corrected chi connectivity index (χ0v) is 19.6. The molecule has 31 heavy (non-hydrogen) atoms. The second kappa shape index (κ2) is 8.27. The van der Waals surface area contributed by atoms with E-state index in [0.717, 1.165) is 18.4 Å². The summed E-state index contributed by atoms with van der Waals surface area (Å²) in [7, 11) is 0. The Morgan fingerprint density at radius 3 is 2.71 bits per heavy atom. The number of nitrogens with one attached hydrogen (secondary N) is 1. The van der Waals surface area contributed by atoms with Gasteiger partial charge in [-0.3, -0.25) is 9.69 Å². The van der Waals surface area contributed by atoms with E-state index in [-0.39, 0.29) is 17.6 Å². The highest BCUT2D eigenvalue weighted by molar-refractivity contribution is 14.1. The second-order valence-corrected chi connectivity index (χ2v) is 9.72. The van der Waals surface area contributed by atoms with Gasteiger partial charge < -0.3 is 14.8 Å². The van der Waals surface area contributed by atoms with Gasteiger partial charge in [-0.25, -0.2) is 9.67 Å². The number of halogens is 1. The topological polar surface area (TPSA) is 96.3 Å². The monoisotopic (exact) mass is 535 g/mol. The summed E-state index contributed by atoms with van der Waals surface area (Å²) < 4.78 is 8.06. The van der Waals surface area contributed by atoms with Gasteiger partial charge in [-0.1, -0.05) is 30.3 Å². The molecule has 1 aromatic carbocycles. The van der Waals surface area contributed by atoms with E-state index in [9.17, 15) is 9.90 Å². The average Bonchev–Trinajstić information content (AvgIpc) is 3.09. The molecule has 1 atom stereocenters. The van der Waals surface area contributed by atoms with Crippen molar-refractivity contribution in [3.8, 4) is 0 Å². The number of nitrogens with zero attached hydrogens (tertiary/aromatic N) is 4. The highest BCUT2D eigenvalue weighted by atomic mass is 127. The Balaban J connectivity index is 1.38. The molecule has 2 aliphatic heterocycles. The van der Waals surface area contributed by atoms with Crippen molar-refractivity contribution in [2.24, 2.45) is 0 Å². The summed E-state index contributed by atoms with van der Waals surface area (Å²) in [6, 6.07) is 10.1. The fraction of sp³-hybridized carbons (Fsp3) is 0.500. The van der Waals surface area contributed by atoms with Crippen LogP contribution in [-0.2, 0) is 11.2 Å². The van der Waals surface area contributed by atoms with E-state index in [2.05, 4.69) is 37.6 Å². The molecule has 3 aromatic rings. The summed E-state index contributed by atoms with van der Waals surface area (Å²) in [6.07, 6.45) is 2.35. The van der Waals surface area contributed by atoms with Crippen LogP contribution in [-0.4, -0.2) is 61.7 Å². The lowest BCUT2D eigenvalue weighted by molar-refractivity contribution is -0.114. The molecule has 0 radical (unpaired) electrons. The van der Waals surface area contributed by atoms with Gasteiger partial charge >= 0.3 is 0 Å². The Kier molecular flexibility index (Phi) is 5.61. The van der Waals surface area contributed by atoms with Crippen molar-refractivity contribution >= 4 is 33.6 Å². The van der Waals surface area contributed by atoms with Crippen LogP contribution >= 0.6 is 22.6 Å². The van der Waals surface area contributed by atoms with Gasteiger partial charge in [0.1, 0.15) is 14.9 Å². The predicted molar refractivity (Wildman–Crippen MR) is 125 cm³/mol. The molecule has 164 valence electrons. The summed E-state index contributed by atoms with van der Waals surface area (Å²) in [6.45, 7) is 4.50. The van der Waals surface area contributed by atoms with Crippen LogP contribution in [0, 0.1) is 3.70 Å². The van der Waals surface area contributed by atoms with E-state index in [1.807, 2.05) is 41.9 Å². The molecule has 0 unspecified atom stereocenters. The lowest BCUT2D eigenvalue weighted by Crippen LogP contribution is -2.63. The van der Waals surface area contributed by atoms with Crippen LogP contribution in [0.5, 0.6) is 0 Å². The van der Waals surface area contributed by atoms with Gasteiger partial charge in [0, 0.05) is 32.7 Å². The Morgan fingerprint density at radius 1 is 1.29 bits per heavy atom. The average molecular weight is 535 g/mol. The van der Waals surface area contributed by atoms with Crippen LogP contribution < -0.4 is 5.56 Å². The number of hydrogen-bond acceptors (Lipinski definition) is 6. The number of likely N-dealkylation sites (tertiary alicyclic amines) is 1. The van der Waals surface area contributed by atoms with Gasteiger partial charge in [0.15, 0.2) is 5.65 Å². The van der Waals surface area contributed by atoms with Crippen molar-refractivity contribution in [3.63, 3.8) is 0 Å². The fourth-order valence-electron chi connectivity index (χ4n) is 4.65. The summed E-state index contributed by atoms with van der Waals surface area (Å²) in [5.74, 6) is 0.615. The van der Waals surface area contributed by atoms with Crippen LogP contribution in [0.25, 0.3) is 11.0 Å². The molecule has 0 amide bonds. The van der Waals surface area contributed by atoms with E-state index < -0.39 is 5.60 Å². The van der Waals surface area contributed by atoms with Crippen molar-refractivity contribution in [1.29, 1.82) is 0 Å². The fourth-order valence-corrected chi connectivity index (χ4v) is 5.37. The SMILES string of the molecule is C[C@H](c1nc2c(c(I)nn2C2CCOCC2)c(=O)[nH]1)N1CC(O)(Cc2ccccc2)C1. The molecule has 0 saturated carbocycles. The maximum Gasteiger partial charge on any atom is 0.263 e. The van der Waals surface area contributed by atoms with Gasteiger partial charge in [0.05, 0.1) is 17.7 Å². The molecular formula is C22H26IN5O3. The Bertz CT molecular complexity index is 1130. The molecule has 9 heteroatoms. The van der Waals surface area contributed by atoms with E-state index in [1.165, 1.54) is 0 Å². The summed E-state index contributed by atoms with van der Waals surface area (Å²) in [5, 5.41) is 16.1. The molecule has 0 bridgehead atoms. The Morgan fingerprint density at radius 2 is 2.00 bits per heavy atom. The Labute approximate surface area is 193 Å². The number of rotatable bonds is 5. The van der Waals surface area contributed by atoms with Gasteiger partial charge in [-0.2, -0.15) is 5.10 Å². The van der Waals surface area contributed by atoms with Crippen LogP contribution in [0.1, 0.15) is 43.2 Å². The number of benzene rings is 1. The minimum absolute atomic E-state index is 0.108. The van der Waals surface area contributed by atoms with Gasteiger partial charge in [-0.15, -0.1) is 0 Å². The van der Waals surface area contributed by atoms with E-state index in [0.29, 0.717) is 53.3 Å². The molecule has 4 heterocycles. The summed E-state index contributed by atoms with van der Waals surface area (Å²) in [4.78, 5) is 22.8. The predicted octanol–water partition coefficient (Wildman–Crippen LogP) is 2.43. The first kappa shape index (κ1) is 21.0. The van der Waals surface area contributed by atoms with Crippen molar-refractivity contribution < 1.29 is 9.84 Å². The lowest BCUT2D eigenvalue weighted by atomic mass is 9.86. The van der Waals surface area contributed by atoms with Crippen LogP contribution in [0.4, 0.5) is 0 Å². The lowest BCUT2D eigenvalue weighted by Gasteiger charge is -2.49. The molecule has 8 nitrogen and oxygen atoms in total. The number of fused-ring (bicyclic) bond motifs is 1. The number of H-pyrrole nitrogens is 1. The molecule has 5 rings (SSSR count). The smallest absolute Gasteiger partial charge is 0.263 e. The molecule has 0 aliphatic carbocycles. The van der Waals surface area contributed by atoms with Crippen LogP contribution in [0.15, 0.2) is 35.1 Å². The number of aromatic amines is 1. The number of β-amino-alcohol motifs (C(OH)–C–C–N with tert-alkyl or cyclic N) is 1. The molecular weight excluding hydrogens is 509 g/mol. The van der Waals surface area contributed by atoms with Crippen molar-refractivity contribution in [2.75, 3.05) is 26.3 Å². The first-order valence-corrected chi connectivity index (χ1v) is 11.8. The third-order valence-corrected chi connectivity index (χ3v) is 7.14. The maximum absolute atomic E-state index is 12.9. The summed E-state index contributed by atoms with van der Waals surface area (Å²) >= 11 is 2.11. The first-order valence-electron chi connectivity index (χ1n) is 10.7.